The van der Waals surface area contributed by atoms with Gasteiger partial charge in [-0.15, -0.1) is 0 Å². The van der Waals surface area contributed by atoms with Gasteiger partial charge in [0.1, 0.15) is 5.56 Å². The highest BCUT2D eigenvalue weighted by atomic mass is 35.5. The molecule has 2 aliphatic rings. The average Bonchev–Trinajstić information content (AvgIpc) is 2.87. The van der Waals surface area contributed by atoms with E-state index in [9.17, 15) is 14.9 Å². The molecule has 2 saturated heterocycles. The van der Waals surface area contributed by atoms with Gasteiger partial charge < -0.3 is 9.80 Å². The van der Waals surface area contributed by atoms with Crippen LogP contribution >= 0.6 is 23.4 Å². The van der Waals surface area contributed by atoms with E-state index in [1.165, 1.54) is 37.5 Å². The summed E-state index contributed by atoms with van der Waals surface area (Å²) in [6, 6.07) is 4.28. The first kappa shape index (κ1) is 19.5. The lowest BCUT2D eigenvalue weighted by atomic mass is 10.1. The molecule has 1 aromatic rings. The Labute approximate surface area is 163 Å². The fraction of sp³-hybridized carbons (Fsp3) is 0.611. The van der Waals surface area contributed by atoms with Crippen LogP contribution in [0.2, 0.25) is 5.02 Å². The summed E-state index contributed by atoms with van der Waals surface area (Å²) in [4.78, 5) is 28.3. The van der Waals surface area contributed by atoms with Crippen molar-refractivity contribution in [2.24, 2.45) is 0 Å². The molecule has 1 atom stereocenters. The number of nitrogens with zero attached hydrogens (tertiary/aromatic N) is 3. The van der Waals surface area contributed by atoms with Crippen LogP contribution in [0.5, 0.6) is 0 Å². The maximum atomic E-state index is 13.2. The van der Waals surface area contributed by atoms with Crippen LogP contribution < -0.4 is 0 Å². The predicted molar refractivity (Wildman–Crippen MR) is 105 cm³/mol. The van der Waals surface area contributed by atoms with Crippen LogP contribution in [-0.2, 0) is 0 Å². The predicted octanol–water partition coefficient (Wildman–Crippen LogP) is 3.68. The summed E-state index contributed by atoms with van der Waals surface area (Å²) in [7, 11) is 0. The highest BCUT2D eigenvalue weighted by Crippen LogP contribution is 2.27. The molecular formula is C18H24ClN3O3S. The molecule has 26 heavy (non-hydrogen) atoms. The second-order valence-corrected chi connectivity index (χ2v) is 8.45. The maximum Gasteiger partial charge on any atom is 0.282 e. The van der Waals surface area contributed by atoms with Gasteiger partial charge in [-0.25, -0.2) is 0 Å². The van der Waals surface area contributed by atoms with E-state index in [0.717, 1.165) is 37.6 Å². The zero-order valence-corrected chi connectivity index (χ0v) is 16.3. The summed E-state index contributed by atoms with van der Waals surface area (Å²) in [6.45, 7) is 3.61. The number of benzene rings is 1. The van der Waals surface area contributed by atoms with Gasteiger partial charge in [-0.1, -0.05) is 18.0 Å². The highest BCUT2D eigenvalue weighted by Gasteiger charge is 2.32. The monoisotopic (exact) mass is 397 g/mol. The molecule has 2 fully saturated rings. The van der Waals surface area contributed by atoms with E-state index in [4.69, 9.17) is 11.6 Å². The number of amides is 1. The average molecular weight is 398 g/mol. The first-order valence-electron chi connectivity index (χ1n) is 9.11. The second-order valence-electron chi connectivity index (χ2n) is 6.86. The zero-order valence-electron chi connectivity index (χ0n) is 14.7. The van der Waals surface area contributed by atoms with Crippen molar-refractivity contribution >= 4 is 35.0 Å². The lowest BCUT2D eigenvalue weighted by Gasteiger charge is -2.35. The Kier molecular flexibility index (Phi) is 6.78. The third kappa shape index (κ3) is 4.69. The van der Waals surface area contributed by atoms with Crippen molar-refractivity contribution in [1.29, 1.82) is 0 Å². The van der Waals surface area contributed by atoms with Crippen molar-refractivity contribution < 1.29 is 9.72 Å². The van der Waals surface area contributed by atoms with Gasteiger partial charge >= 0.3 is 0 Å². The van der Waals surface area contributed by atoms with Crippen LogP contribution in [0.3, 0.4) is 0 Å². The SMILES string of the molecule is O=C(c1cc(Cl)ccc1[N+](=O)[O-])N1CCCSCC1CN1CCCCC1. The molecule has 0 saturated carbocycles. The number of hydrogen-bond acceptors (Lipinski definition) is 5. The molecule has 1 amide bonds. The molecule has 0 spiro atoms. The quantitative estimate of drug-likeness (QED) is 0.572. The maximum absolute atomic E-state index is 13.2. The van der Waals surface area contributed by atoms with Gasteiger partial charge in [0.05, 0.1) is 11.0 Å². The number of piperidine rings is 1. The van der Waals surface area contributed by atoms with E-state index in [1.54, 1.807) is 0 Å². The summed E-state index contributed by atoms with van der Waals surface area (Å²) in [5, 5.41) is 11.7. The summed E-state index contributed by atoms with van der Waals surface area (Å²) in [5.41, 5.74) is -0.0777. The van der Waals surface area contributed by atoms with Crippen LogP contribution in [0.4, 0.5) is 5.69 Å². The standard InChI is InChI=1S/C18H24ClN3O3S/c19-14-5-6-17(22(24)25)16(11-14)18(23)21-9-4-10-26-13-15(21)12-20-7-2-1-3-8-20/h5-6,11,15H,1-4,7-10,12-13H2. The second kappa shape index (κ2) is 9.06. The van der Waals surface area contributed by atoms with Gasteiger partial charge in [-0.3, -0.25) is 14.9 Å². The number of likely N-dealkylation sites (tertiary alicyclic amines) is 1. The molecule has 2 aliphatic heterocycles. The first-order chi connectivity index (χ1) is 12.6. The zero-order chi connectivity index (χ0) is 18.5. The fourth-order valence-corrected chi connectivity index (χ4v) is 4.91. The molecule has 0 N–H and O–H groups in total. The van der Waals surface area contributed by atoms with E-state index in [-0.39, 0.29) is 23.2 Å². The van der Waals surface area contributed by atoms with E-state index in [2.05, 4.69) is 4.90 Å². The fourth-order valence-electron chi connectivity index (χ4n) is 3.68. The molecule has 8 heteroatoms. The topological polar surface area (TPSA) is 66.7 Å². The Morgan fingerprint density at radius 1 is 1.23 bits per heavy atom. The lowest BCUT2D eigenvalue weighted by Crippen LogP contribution is -2.49. The number of halogens is 1. The number of rotatable bonds is 4. The molecule has 1 aromatic carbocycles. The van der Waals surface area contributed by atoms with Gasteiger partial charge in [-0.2, -0.15) is 11.8 Å². The van der Waals surface area contributed by atoms with Crippen molar-refractivity contribution in [2.45, 2.75) is 31.7 Å². The molecule has 3 rings (SSSR count). The summed E-state index contributed by atoms with van der Waals surface area (Å²) in [6.07, 6.45) is 4.58. The summed E-state index contributed by atoms with van der Waals surface area (Å²) >= 11 is 7.88. The Hall–Kier alpha value is -1.31. The molecule has 0 aromatic heterocycles. The molecule has 6 nitrogen and oxygen atoms in total. The van der Waals surface area contributed by atoms with Crippen LogP contribution in [0.1, 0.15) is 36.0 Å². The number of nitro benzene ring substituents is 1. The molecule has 0 aliphatic carbocycles. The number of hydrogen-bond donors (Lipinski definition) is 0. The minimum absolute atomic E-state index is 0.0756. The number of carbonyl (C=O) groups excluding carboxylic acids is 1. The van der Waals surface area contributed by atoms with E-state index in [0.29, 0.717) is 11.6 Å². The van der Waals surface area contributed by atoms with Gasteiger partial charge in [-0.05, 0) is 50.2 Å². The number of thioether (sulfide) groups is 1. The minimum Gasteiger partial charge on any atom is -0.333 e. The largest absolute Gasteiger partial charge is 0.333 e. The van der Waals surface area contributed by atoms with Crippen LogP contribution in [0.15, 0.2) is 18.2 Å². The first-order valence-corrected chi connectivity index (χ1v) is 10.6. The van der Waals surface area contributed by atoms with E-state index >= 15 is 0 Å². The minimum atomic E-state index is -0.504. The van der Waals surface area contributed by atoms with Crippen molar-refractivity contribution in [3.8, 4) is 0 Å². The third-order valence-electron chi connectivity index (χ3n) is 5.00. The van der Waals surface area contributed by atoms with Crippen LogP contribution in [0, 0.1) is 10.1 Å². The van der Waals surface area contributed by atoms with Gasteiger partial charge in [0, 0.05) is 29.9 Å². The van der Waals surface area contributed by atoms with E-state index in [1.807, 2.05) is 16.7 Å². The van der Waals surface area contributed by atoms with Crippen molar-refractivity contribution in [3.05, 3.63) is 38.9 Å². The lowest BCUT2D eigenvalue weighted by molar-refractivity contribution is -0.385. The molecule has 142 valence electrons. The van der Waals surface area contributed by atoms with Gasteiger partial charge in [0.15, 0.2) is 0 Å². The molecule has 0 radical (unpaired) electrons. The normalized spacial score (nSPS) is 22.0. The summed E-state index contributed by atoms with van der Waals surface area (Å²) < 4.78 is 0. The molecule has 2 heterocycles. The smallest absolute Gasteiger partial charge is 0.282 e. The number of nitro groups is 1. The van der Waals surface area contributed by atoms with Crippen molar-refractivity contribution in [2.75, 3.05) is 37.7 Å². The highest BCUT2D eigenvalue weighted by molar-refractivity contribution is 7.99. The number of carbonyl (C=O) groups is 1. The van der Waals surface area contributed by atoms with Gasteiger partial charge in [0.25, 0.3) is 11.6 Å². The Balaban J connectivity index is 1.84. The van der Waals surface area contributed by atoms with Crippen LogP contribution in [0.25, 0.3) is 0 Å². The van der Waals surface area contributed by atoms with E-state index < -0.39 is 4.92 Å². The van der Waals surface area contributed by atoms with Crippen LogP contribution in [-0.4, -0.2) is 64.4 Å². The molecule has 0 bridgehead atoms. The molecule has 1 unspecified atom stereocenters. The van der Waals surface area contributed by atoms with Crippen molar-refractivity contribution in [1.82, 2.24) is 9.80 Å². The summed E-state index contributed by atoms with van der Waals surface area (Å²) in [5.74, 6) is 1.61. The van der Waals surface area contributed by atoms with Gasteiger partial charge in [0.2, 0.25) is 0 Å². The Morgan fingerprint density at radius 3 is 2.73 bits per heavy atom. The molecular weight excluding hydrogens is 374 g/mol. The third-order valence-corrected chi connectivity index (χ3v) is 6.44. The van der Waals surface area contributed by atoms with Crippen molar-refractivity contribution in [3.63, 3.8) is 0 Å². The Morgan fingerprint density at radius 2 is 2.00 bits per heavy atom. The Bertz CT molecular complexity index is 667.